The Kier molecular flexibility index (Phi) is 11.9. The number of hydrogen-bond donors (Lipinski definition) is 0. The number of rotatable bonds is 14. The number of nitrogens with zero attached hydrogens (tertiary/aromatic N) is 4. The van der Waals surface area contributed by atoms with E-state index in [1.807, 2.05) is 18.2 Å². The first-order chi connectivity index (χ1) is 21.8. The van der Waals surface area contributed by atoms with Gasteiger partial charge < -0.3 is 14.5 Å². The number of aromatic nitrogens is 1. The van der Waals surface area contributed by atoms with E-state index in [0.717, 1.165) is 76.9 Å². The van der Waals surface area contributed by atoms with Crippen molar-refractivity contribution in [1.29, 1.82) is 0 Å². The number of piperazine rings is 1. The zero-order valence-corrected chi connectivity index (χ0v) is 28.9. The number of piperidine rings is 1. The Labute approximate surface area is 272 Å². The van der Waals surface area contributed by atoms with E-state index in [4.69, 9.17) is 4.74 Å². The maximum atomic E-state index is 14.2. The summed E-state index contributed by atoms with van der Waals surface area (Å²) in [7, 11) is -5.10. The predicted octanol–water partition coefficient (Wildman–Crippen LogP) is 6.15. The molecule has 1 atom stereocenters. The summed E-state index contributed by atoms with van der Waals surface area (Å²) in [5.74, 6) is 0.675. The van der Waals surface area contributed by atoms with E-state index in [9.17, 15) is 12.6 Å². The molecule has 10 heteroatoms. The summed E-state index contributed by atoms with van der Waals surface area (Å²) in [4.78, 5) is 13.1. The van der Waals surface area contributed by atoms with Gasteiger partial charge in [0.25, 0.3) is 0 Å². The fraction of sp³-hybridized carbons (Fsp3) is 0.571. The molecule has 0 amide bonds. The van der Waals surface area contributed by atoms with Gasteiger partial charge in [-0.15, -0.1) is 0 Å². The lowest BCUT2D eigenvalue weighted by Gasteiger charge is -2.43. The highest BCUT2D eigenvalue weighted by atomic mass is 32.2. The second-order valence-corrected chi connectivity index (χ2v) is 15.7. The fourth-order valence-electron chi connectivity index (χ4n) is 6.70. The SMILES string of the molecule is CCCCCCCOc1ccc(S(=O)(=O)c2cnc3ccc(S(C)=O)cc3c2N2CCC(N3CCN(CCC)CC3)CC2)cc1. The summed E-state index contributed by atoms with van der Waals surface area (Å²) in [5, 5.41) is 0.735. The van der Waals surface area contributed by atoms with E-state index in [-0.39, 0.29) is 9.79 Å². The average molecular weight is 655 g/mol. The lowest BCUT2D eigenvalue weighted by Crippen LogP contribution is -2.53. The molecule has 3 heterocycles. The molecule has 0 spiro atoms. The van der Waals surface area contributed by atoms with Crippen LogP contribution in [0.25, 0.3) is 10.9 Å². The van der Waals surface area contributed by atoms with Crippen LogP contribution in [-0.2, 0) is 20.6 Å². The third-order valence-corrected chi connectivity index (χ3v) is 12.0. The van der Waals surface area contributed by atoms with Crippen LogP contribution in [0.1, 0.15) is 65.2 Å². The van der Waals surface area contributed by atoms with Crippen molar-refractivity contribution in [3.8, 4) is 5.75 Å². The monoisotopic (exact) mass is 654 g/mol. The molecule has 0 radical (unpaired) electrons. The van der Waals surface area contributed by atoms with Gasteiger partial charge in [0.2, 0.25) is 9.84 Å². The van der Waals surface area contributed by atoms with Crippen LogP contribution in [0.2, 0.25) is 0 Å². The van der Waals surface area contributed by atoms with Crippen molar-refractivity contribution in [2.75, 3.05) is 63.6 Å². The lowest BCUT2D eigenvalue weighted by atomic mass is 10.0. The van der Waals surface area contributed by atoms with Gasteiger partial charge in [-0.2, -0.15) is 0 Å². The van der Waals surface area contributed by atoms with Gasteiger partial charge in [0.15, 0.2) is 0 Å². The molecule has 2 saturated heterocycles. The van der Waals surface area contributed by atoms with E-state index < -0.39 is 20.6 Å². The van der Waals surface area contributed by atoms with Crippen molar-refractivity contribution in [2.45, 2.75) is 85.9 Å². The number of unbranched alkanes of at least 4 members (excludes halogenated alkanes) is 4. The normalized spacial score (nSPS) is 18.0. The lowest BCUT2D eigenvalue weighted by molar-refractivity contribution is 0.0850. The summed E-state index contributed by atoms with van der Waals surface area (Å²) in [6.45, 7) is 12.2. The average Bonchev–Trinajstić information content (AvgIpc) is 3.06. The number of benzene rings is 2. The number of anilines is 1. The molecule has 5 rings (SSSR count). The molecule has 2 aliphatic heterocycles. The number of sulfone groups is 1. The van der Waals surface area contributed by atoms with Crippen LogP contribution in [0, 0.1) is 0 Å². The van der Waals surface area contributed by atoms with Crippen molar-refractivity contribution in [3.05, 3.63) is 48.7 Å². The Morgan fingerprint density at radius 2 is 1.60 bits per heavy atom. The van der Waals surface area contributed by atoms with E-state index in [1.54, 1.807) is 30.5 Å². The number of hydrogen-bond acceptors (Lipinski definition) is 8. The first-order valence-electron chi connectivity index (χ1n) is 16.8. The zero-order chi connectivity index (χ0) is 31.8. The first-order valence-corrected chi connectivity index (χ1v) is 19.8. The van der Waals surface area contributed by atoms with Gasteiger partial charge in [0.05, 0.1) is 22.7 Å². The molecule has 2 fully saturated rings. The fourth-order valence-corrected chi connectivity index (χ4v) is 8.68. The molecular weight excluding hydrogens is 605 g/mol. The van der Waals surface area contributed by atoms with Gasteiger partial charge in [-0.25, -0.2) is 8.42 Å². The Morgan fingerprint density at radius 1 is 0.889 bits per heavy atom. The van der Waals surface area contributed by atoms with Gasteiger partial charge in [-0.3, -0.25) is 14.1 Å². The third-order valence-electron chi connectivity index (χ3n) is 9.29. The number of fused-ring (bicyclic) bond motifs is 1. The Hall–Kier alpha value is -2.53. The summed E-state index contributed by atoms with van der Waals surface area (Å²) in [6, 6.07) is 12.8. The molecule has 2 aromatic carbocycles. The largest absolute Gasteiger partial charge is 0.494 e. The molecule has 8 nitrogen and oxygen atoms in total. The van der Waals surface area contributed by atoms with Crippen LogP contribution in [0.5, 0.6) is 5.75 Å². The molecule has 1 aromatic heterocycles. The smallest absolute Gasteiger partial charge is 0.210 e. The molecule has 246 valence electrons. The molecule has 3 aromatic rings. The van der Waals surface area contributed by atoms with Crippen molar-refractivity contribution in [2.24, 2.45) is 0 Å². The third kappa shape index (κ3) is 8.25. The minimum Gasteiger partial charge on any atom is -0.494 e. The van der Waals surface area contributed by atoms with Gasteiger partial charge in [0, 0.05) is 78.8 Å². The Morgan fingerprint density at radius 3 is 2.27 bits per heavy atom. The maximum absolute atomic E-state index is 14.2. The van der Waals surface area contributed by atoms with Gasteiger partial charge in [-0.05, 0) is 74.7 Å². The van der Waals surface area contributed by atoms with Crippen LogP contribution in [-0.4, -0.2) is 92.1 Å². The second kappa shape index (κ2) is 15.8. The molecule has 0 bridgehead atoms. The first kappa shape index (κ1) is 33.8. The summed E-state index contributed by atoms with van der Waals surface area (Å²) in [5.41, 5.74) is 1.38. The van der Waals surface area contributed by atoms with E-state index >= 15 is 0 Å². The summed E-state index contributed by atoms with van der Waals surface area (Å²) >= 11 is 0. The highest BCUT2D eigenvalue weighted by Gasteiger charge is 2.32. The quantitative estimate of drug-likeness (QED) is 0.192. The Balaban J connectivity index is 1.38. The maximum Gasteiger partial charge on any atom is 0.210 e. The van der Waals surface area contributed by atoms with Gasteiger partial charge >= 0.3 is 0 Å². The summed E-state index contributed by atoms with van der Waals surface area (Å²) < 4.78 is 46.9. The standard InChI is InChI=1S/C35H50N4O4S2/c1-4-6-7-8-9-25-43-29-10-13-31(14-11-29)45(41,42)34-27-36-33-15-12-30(44(3)40)26-32(33)35(34)39-19-16-28(17-20-39)38-23-21-37(18-5-2)22-24-38/h10-15,26-28H,4-9,16-25H2,1-3H3. The Bertz CT molecular complexity index is 1530. The number of pyridine rings is 1. The van der Waals surface area contributed by atoms with Crippen LogP contribution in [0.3, 0.4) is 0 Å². The van der Waals surface area contributed by atoms with Gasteiger partial charge in [0.1, 0.15) is 10.6 Å². The van der Waals surface area contributed by atoms with Crippen LogP contribution >= 0.6 is 0 Å². The minimum atomic E-state index is -3.89. The van der Waals surface area contributed by atoms with Crippen molar-refractivity contribution < 1.29 is 17.4 Å². The second-order valence-electron chi connectivity index (χ2n) is 12.4. The van der Waals surface area contributed by atoms with Crippen molar-refractivity contribution in [1.82, 2.24) is 14.8 Å². The van der Waals surface area contributed by atoms with Crippen molar-refractivity contribution in [3.63, 3.8) is 0 Å². The van der Waals surface area contributed by atoms with Crippen LogP contribution < -0.4 is 9.64 Å². The van der Waals surface area contributed by atoms with E-state index in [1.165, 1.54) is 31.9 Å². The molecule has 2 aliphatic rings. The topological polar surface area (TPSA) is 83.0 Å². The van der Waals surface area contributed by atoms with E-state index in [2.05, 4.69) is 33.5 Å². The zero-order valence-electron chi connectivity index (χ0n) is 27.2. The molecule has 0 saturated carbocycles. The molecular formula is C35H50N4O4S2. The molecule has 0 aliphatic carbocycles. The highest BCUT2D eigenvalue weighted by molar-refractivity contribution is 7.91. The minimum absolute atomic E-state index is 0.199. The van der Waals surface area contributed by atoms with Crippen molar-refractivity contribution >= 4 is 37.2 Å². The van der Waals surface area contributed by atoms with E-state index in [0.29, 0.717) is 34.5 Å². The van der Waals surface area contributed by atoms with Gasteiger partial charge in [-0.1, -0.05) is 39.5 Å². The van der Waals surface area contributed by atoms with Crippen LogP contribution in [0.4, 0.5) is 5.69 Å². The van der Waals surface area contributed by atoms with Crippen LogP contribution in [0.15, 0.2) is 63.3 Å². The molecule has 0 N–H and O–H groups in total. The molecule has 1 unspecified atom stereocenters. The molecule has 45 heavy (non-hydrogen) atoms. The highest BCUT2D eigenvalue weighted by Crippen LogP contribution is 2.38. The predicted molar refractivity (Wildman–Crippen MR) is 184 cm³/mol. The number of ether oxygens (including phenoxy) is 1. The summed E-state index contributed by atoms with van der Waals surface area (Å²) in [6.07, 6.45) is 12.1.